The van der Waals surface area contributed by atoms with Gasteiger partial charge in [0, 0.05) is 17.8 Å². The number of aryl methyl sites for hydroxylation is 2. The number of carbonyl (C=O) groups excluding carboxylic acids is 2. The van der Waals surface area contributed by atoms with Crippen molar-refractivity contribution in [3.63, 3.8) is 0 Å². The first-order valence-electron chi connectivity index (χ1n) is 10.3. The number of carbonyl (C=O) groups is 2. The molecule has 2 aliphatic rings. The molecular formula is C24H23N3O3S. The minimum atomic E-state index is -0.481. The summed E-state index contributed by atoms with van der Waals surface area (Å²) < 4.78 is 5.60. The van der Waals surface area contributed by atoms with Crippen molar-refractivity contribution in [1.82, 2.24) is 0 Å². The molecule has 1 aliphatic carbocycles. The lowest BCUT2D eigenvalue weighted by Crippen LogP contribution is -2.37. The van der Waals surface area contributed by atoms with E-state index in [9.17, 15) is 14.9 Å². The number of benzene rings is 1. The second-order valence-corrected chi connectivity index (χ2v) is 8.82. The normalized spacial score (nSPS) is 20.7. The van der Waals surface area contributed by atoms with Crippen molar-refractivity contribution in [2.75, 3.05) is 11.1 Å². The van der Waals surface area contributed by atoms with Gasteiger partial charge in [-0.3, -0.25) is 9.59 Å². The van der Waals surface area contributed by atoms with E-state index in [2.05, 4.69) is 16.4 Å². The molecule has 1 aromatic carbocycles. The van der Waals surface area contributed by atoms with Gasteiger partial charge in [0.2, 0.25) is 5.91 Å². The average molecular weight is 434 g/mol. The maximum atomic E-state index is 12.7. The Labute approximate surface area is 185 Å². The molecule has 1 amide bonds. The summed E-state index contributed by atoms with van der Waals surface area (Å²) >= 11 is 1.23. The molecule has 1 aliphatic heterocycles. The number of fused-ring (bicyclic) bond motifs is 1. The Morgan fingerprint density at radius 1 is 1.26 bits per heavy atom. The number of allylic oxidation sites excluding steroid dienone is 1. The largest absolute Gasteiger partial charge is 0.469 e. The first-order chi connectivity index (χ1) is 15.0. The summed E-state index contributed by atoms with van der Waals surface area (Å²) in [4.78, 5) is 29.9. The SMILES string of the molecule is Cc1ccc(NC(=O)CSC2=C(C#N)[C@@H](c3ccco3)[C@@H]3C(=O)CCCC3=N2)cc1C. The molecule has 158 valence electrons. The van der Waals surface area contributed by atoms with Gasteiger partial charge in [-0.15, -0.1) is 0 Å². The number of furan rings is 1. The van der Waals surface area contributed by atoms with Crippen LogP contribution in [0.15, 0.2) is 56.6 Å². The van der Waals surface area contributed by atoms with Crippen LogP contribution in [0.2, 0.25) is 0 Å². The van der Waals surface area contributed by atoms with E-state index in [1.165, 1.54) is 11.8 Å². The summed E-state index contributed by atoms with van der Waals surface area (Å²) in [6, 6.07) is 11.6. The van der Waals surface area contributed by atoms with Crippen LogP contribution in [0, 0.1) is 31.1 Å². The molecule has 0 radical (unpaired) electrons. The molecule has 0 saturated heterocycles. The van der Waals surface area contributed by atoms with E-state index >= 15 is 0 Å². The van der Waals surface area contributed by atoms with Crippen LogP contribution in [-0.4, -0.2) is 23.2 Å². The molecule has 0 spiro atoms. The molecule has 1 N–H and O–H groups in total. The third-order valence-electron chi connectivity index (χ3n) is 5.78. The highest BCUT2D eigenvalue weighted by Crippen LogP contribution is 2.45. The number of hydrogen-bond donors (Lipinski definition) is 1. The number of aliphatic imine (C=N–C) groups is 1. The highest BCUT2D eigenvalue weighted by atomic mass is 32.2. The van der Waals surface area contributed by atoms with Crippen molar-refractivity contribution >= 4 is 34.9 Å². The van der Waals surface area contributed by atoms with Crippen LogP contribution in [0.4, 0.5) is 5.69 Å². The summed E-state index contributed by atoms with van der Waals surface area (Å²) in [6.45, 7) is 4.02. The van der Waals surface area contributed by atoms with Gasteiger partial charge in [-0.25, -0.2) is 4.99 Å². The molecule has 1 aromatic heterocycles. The van der Waals surface area contributed by atoms with Gasteiger partial charge in [0.1, 0.15) is 16.6 Å². The Hall–Kier alpha value is -3.11. The maximum absolute atomic E-state index is 12.7. The quantitative estimate of drug-likeness (QED) is 0.723. The molecule has 2 aromatic rings. The lowest BCUT2D eigenvalue weighted by molar-refractivity contribution is -0.122. The Morgan fingerprint density at radius 3 is 2.81 bits per heavy atom. The molecule has 2 atom stereocenters. The van der Waals surface area contributed by atoms with E-state index in [0.717, 1.165) is 28.9 Å². The summed E-state index contributed by atoms with van der Waals surface area (Å²) in [5.41, 5.74) is 4.18. The number of nitrogens with one attached hydrogen (secondary N) is 1. The van der Waals surface area contributed by atoms with Crippen LogP contribution >= 0.6 is 11.8 Å². The lowest BCUT2D eigenvalue weighted by Gasteiger charge is -2.33. The first kappa shape index (κ1) is 21.1. The molecule has 0 bridgehead atoms. The summed E-state index contributed by atoms with van der Waals surface area (Å²) in [7, 11) is 0. The van der Waals surface area contributed by atoms with Gasteiger partial charge in [-0.1, -0.05) is 17.8 Å². The number of ketones is 1. The van der Waals surface area contributed by atoms with Gasteiger partial charge < -0.3 is 9.73 Å². The zero-order valence-corrected chi connectivity index (χ0v) is 18.3. The van der Waals surface area contributed by atoms with Gasteiger partial charge >= 0.3 is 0 Å². The smallest absolute Gasteiger partial charge is 0.234 e. The monoisotopic (exact) mass is 433 g/mol. The Morgan fingerprint density at radius 2 is 2.10 bits per heavy atom. The van der Waals surface area contributed by atoms with E-state index in [-0.39, 0.29) is 17.4 Å². The fraction of sp³-hybridized carbons (Fsp3) is 0.333. The lowest BCUT2D eigenvalue weighted by atomic mass is 9.72. The fourth-order valence-electron chi connectivity index (χ4n) is 4.09. The zero-order chi connectivity index (χ0) is 22.0. The number of rotatable bonds is 5. The Bertz CT molecular complexity index is 1130. The minimum absolute atomic E-state index is 0.0932. The summed E-state index contributed by atoms with van der Waals surface area (Å²) in [5.74, 6) is -0.311. The molecule has 1 saturated carbocycles. The first-order valence-corrected chi connectivity index (χ1v) is 11.2. The van der Waals surface area contributed by atoms with E-state index in [4.69, 9.17) is 4.42 Å². The highest BCUT2D eigenvalue weighted by molar-refractivity contribution is 8.03. The van der Waals surface area contributed by atoms with Gasteiger partial charge in [-0.05, 0) is 62.1 Å². The molecule has 7 heteroatoms. The fourth-order valence-corrected chi connectivity index (χ4v) is 4.94. The van der Waals surface area contributed by atoms with Crippen LogP contribution in [0.5, 0.6) is 0 Å². The zero-order valence-electron chi connectivity index (χ0n) is 17.5. The molecule has 2 heterocycles. The van der Waals surface area contributed by atoms with Crippen molar-refractivity contribution < 1.29 is 14.0 Å². The van der Waals surface area contributed by atoms with Crippen molar-refractivity contribution in [3.05, 3.63) is 64.1 Å². The Kier molecular flexibility index (Phi) is 6.10. The van der Waals surface area contributed by atoms with E-state index < -0.39 is 11.8 Å². The van der Waals surface area contributed by atoms with Crippen molar-refractivity contribution in [2.45, 2.75) is 39.0 Å². The van der Waals surface area contributed by atoms with Crippen molar-refractivity contribution in [3.8, 4) is 6.07 Å². The molecule has 4 rings (SSSR count). The van der Waals surface area contributed by atoms with Gasteiger partial charge in [-0.2, -0.15) is 5.26 Å². The number of anilines is 1. The van der Waals surface area contributed by atoms with Crippen LogP contribution in [0.1, 0.15) is 42.1 Å². The number of amides is 1. The molecule has 31 heavy (non-hydrogen) atoms. The number of nitriles is 1. The van der Waals surface area contributed by atoms with Crippen LogP contribution < -0.4 is 5.32 Å². The van der Waals surface area contributed by atoms with Gasteiger partial charge in [0.15, 0.2) is 0 Å². The van der Waals surface area contributed by atoms with Gasteiger partial charge in [0.25, 0.3) is 0 Å². The number of thioether (sulfide) groups is 1. The summed E-state index contributed by atoms with van der Waals surface area (Å²) in [5, 5.41) is 13.3. The van der Waals surface area contributed by atoms with Crippen LogP contribution in [-0.2, 0) is 9.59 Å². The van der Waals surface area contributed by atoms with Crippen molar-refractivity contribution in [2.24, 2.45) is 10.9 Å². The average Bonchev–Trinajstić information content (AvgIpc) is 3.28. The topological polar surface area (TPSA) is 95.5 Å². The van der Waals surface area contributed by atoms with E-state index in [0.29, 0.717) is 29.2 Å². The molecule has 6 nitrogen and oxygen atoms in total. The Balaban J connectivity index is 1.57. The van der Waals surface area contributed by atoms with Crippen LogP contribution in [0.25, 0.3) is 0 Å². The predicted octanol–water partition coefficient (Wildman–Crippen LogP) is 4.91. The highest BCUT2D eigenvalue weighted by Gasteiger charge is 2.43. The van der Waals surface area contributed by atoms with Crippen molar-refractivity contribution in [1.29, 1.82) is 5.26 Å². The standard InChI is InChI=1S/C24H23N3O3S/c1-14-8-9-16(11-15(14)2)26-21(29)13-31-24-17(12-25)22(20-7-4-10-30-20)23-18(27-24)5-3-6-19(23)28/h4,7-11,22-23H,3,5-6,13H2,1-2H3,(H,26,29)/t22-,23-/m0/s1. The summed E-state index contributed by atoms with van der Waals surface area (Å²) in [6.07, 6.45) is 3.50. The second-order valence-electron chi connectivity index (χ2n) is 7.86. The minimum Gasteiger partial charge on any atom is -0.469 e. The predicted molar refractivity (Wildman–Crippen MR) is 121 cm³/mol. The number of hydrogen-bond acceptors (Lipinski definition) is 6. The molecule has 1 fully saturated rings. The molecule has 0 unspecified atom stereocenters. The van der Waals surface area contributed by atoms with Crippen LogP contribution in [0.3, 0.4) is 0 Å². The molecular weight excluding hydrogens is 410 g/mol. The number of Topliss-reactive ketones (excluding diaryl/α,β-unsaturated/α-hetero) is 1. The third-order valence-corrected chi connectivity index (χ3v) is 6.77. The number of nitrogens with zero attached hydrogens (tertiary/aromatic N) is 2. The second kappa shape index (κ2) is 8.94. The maximum Gasteiger partial charge on any atom is 0.234 e. The third kappa shape index (κ3) is 4.35. The van der Waals surface area contributed by atoms with Gasteiger partial charge in [0.05, 0.1) is 35.5 Å². The van der Waals surface area contributed by atoms with E-state index in [1.54, 1.807) is 18.4 Å². The van der Waals surface area contributed by atoms with E-state index in [1.807, 2.05) is 32.0 Å².